The summed E-state index contributed by atoms with van der Waals surface area (Å²) >= 11 is 0. The van der Waals surface area contributed by atoms with Gasteiger partial charge in [0.15, 0.2) is 0 Å². The third kappa shape index (κ3) is 9.12. The fourth-order valence-corrected chi connectivity index (χ4v) is 0. The van der Waals surface area contributed by atoms with Crippen LogP contribution in [0.1, 0.15) is 1.43 Å². The second kappa shape index (κ2) is 20.9. The molecule has 0 spiro atoms. The zero-order valence-corrected chi connectivity index (χ0v) is 6.85. The van der Waals surface area contributed by atoms with Crippen LogP contribution in [-0.2, 0) is 22.4 Å². The van der Waals surface area contributed by atoms with Crippen LogP contribution in [-0.4, -0.2) is 0 Å². The maximum atomic E-state index is 6.25. The Bertz CT molecular complexity index is 16.4. The molecule has 0 amide bonds. The largest absolute Gasteiger partial charge is 1.00 e. The molecule has 0 aromatic carbocycles. The molecule has 0 saturated carbocycles. The van der Waals surface area contributed by atoms with Crippen molar-refractivity contribution in [2.75, 3.05) is 0 Å². The Morgan fingerprint density at radius 2 is 1.50 bits per heavy atom. The fraction of sp³-hybridized carbons (Fsp3) is 0. The summed E-state index contributed by atoms with van der Waals surface area (Å²) in [6, 6.07) is 0. The molecule has 0 aliphatic rings. The van der Waals surface area contributed by atoms with Gasteiger partial charge in [-0.15, -0.1) is 0 Å². The van der Waals surface area contributed by atoms with Gasteiger partial charge in [-0.1, -0.05) is 0 Å². The van der Waals surface area contributed by atoms with Gasteiger partial charge < -0.3 is 13.3 Å². The van der Waals surface area contributed by atoms with Gasteiger partial charge in [0.1, 0.15) is 0 Å². The summed E-state index contributed by atoms with van der Waals surface area (Å²) in [5, 5.41) is 6.25. The van der Waals surface area contributed by atoms with Crippen LogP contribution >= 0.6 is 0 Å². The maximum Gasteiger partial charge on any atom is 1.00 e. The van der Waals surface area contributed by atoms with Gasteiger partial charge in [-0.3, -0.25) is 0 Å². The summed E-state index contributed by atoms with van der Waals surface area (Å²) in [6.45, 7) is 4.75. The predicted octanol–water partition coefficient (Wildman–Crippen LogP) is -2.79. The van der Waals surface area contributed by atoms with Crippen LogP contribution in [0.15, 0.2) is 0 Å². The van der Waals surface area contributed by atoms with Crippen molar-refractivity contribution < 1.29 is 75.2 Å². The van der Waals surface area contributed by atoms with E-state index in [4.69, 9.17) is 11.8 Å². The molecule has 0 aromatic heterocycles. The van der Waals surface area contributed by atoms with Crippen molar-refractivity contribution in [3.05, 3.63) is 6.57 Å². The van der Waals surface area contributed by atoms with E-state index < -0.39 is 0 Å². The Balaban J connectivity index is -0.00000000167. The Labute approximate surface area is 85.2 Å². The van der Waals surface area contributed by atoms with Crippen LogP contribution in [0, 0.1) is 11.8 Å². The molecule has 1 nitrogen and oxygen atoms in total. The summed E-state index contributed by atoms with van der Waals surface area (Å²) in [4.78, 5) is 0. The monoisotopic (exact) mass is 173 g/mol. The molecule has 0 unspecified atom stereocenters. The van der Waals surface area contributed by atoms with Crippen LogP contribution in [0.5, 0.6) is 0 Å². The predicted molar refractivity (Wildman–Crippen MR) is 6.08 cm³/mol. The van der Waals surface area contributed by atoms with E-state index in [0.29, 0.717) is 0 Å². The summed E-state index contributed by atoms with van der Waals surface area (Å²) in [7, 11) is 0. The van der Waals surface area contributed by atoms with Crippen LogP contribution in [0.2, 0.25) is 0 Å². The second-order valence-electron chi connectivity index (χ2n) is 0. The molecule has 0 aliphatic carbocycles. The van der Waals surface area contributed by atoms with Crippen molar-refractivity contribution in [3.63, 3.8) is 0 Å². The van der Waals surface area contributed by atoms with Crippen molar-refractivity contribution in [3.8, 4) is 0 Å². The Hall–Kier alpha value is 1.87. The summed E-state index contributed by atoms with van der Waals surface area (Å²) < 4.78 is 0. The molecule has 0 fully saturated rings. The first-order chi connectivity index (χ1) is 1.00. The average Bonchev–Trinajstić information content (AvgIpc) is 1.00. The Morgan fingerprint density at radius 3 is 1.50 bits per heavy atom. The van der Waals surface area contributed by atoms with E-state index in [9.17, 15) is 0 Å². The minimum Gasteiger partial charge on any atom is -1.00 e. The van der Waals surface area contributed by atoms with Crippen molar-refractivity contribution in [2.45, 2.75) is 0 Å². The van der Waals surface area contributed by atoms with E-state index in [0.717, 1.165) is 0 Å². The molecule has 0 aromatic rings. The first-order valence-corrected chi connectivity index (χ1v) is 0.224. The minimum atomic E-state index is 0. The molecular formula is CHAgKN. The van der Waals surface area contributed by atoms with Crippen LogP contribution < -0.4 is 51.4 Å². The standard InChI is InChI=1S/CN.Ag.K.H/c1-2;;;/q-1;2*+1;-1. The van der Waals surface area contributed by atoms with Gasteiger partial charge in [0, 0.05) is 0 Å². The van der Waals surface area contributed by atoms with Crippen LogP contribution in [0.4, 0.5) is 0 Å². The zero-order chi connectivity index (χ0) is 2.00. The van der Waals surface area contributed by atoms with E-state index in [1.165, 1.54) is 0 Å². The van der Waals surface area contributed by atoms with E-state index in [1.54, 1.807) is 0 Å². The molecule has 0 N–H and O–H groups in total. The molecule has 3 heteroatoms. The third-order valence-electron chi connectivity index (χ3n) is 0. The van der Waals surface area contributed by atoms with Crippen LogP contribution in [0.25, 0.3) is 0 Å². The molecule has 0 bridgehead atoms. The molecule has 0 radical (unpaired) electrons. The van der Waals surface area contributed by atoms with Gasteiger partial charge in [0.2, 0.25) is 0 Å². The van der Waals surface area contributed by atoms with Gasteiger partial charge in [-0.2, -0.15) is 0 Å². The SMILES string of the molecule is [Ag+].[C-]#N.[H-].[K+]. The maximum absolute atomic E-state index is 6.25. The molecule has 0 rings (SSSR count). The zero-order valence-electron chi connectivity index (χ0n) is 3.25. The van der Waals surface area contributed by atoms with Gasteiger partial charge in [-0.05, 0) is 0 Å². The fourth-order valence-electron chi connectivity index (χ4n) is 0. The minimum absolute atomic E-state index is 0. The van der Waals surface area contributed by atoms with E-state index in [2.05, 4.69) is 0 Å². The van der Waals surface area contributed by atoms with E-state index in [1.807, 2.05) is 0 Å². The number of rotatable bonds is 0. The Morgan fingerprint density at radius 1 is 1.50 bits per heavy atom. The second-order valence-corrected chi connectivity index (χ2v) is 0. The normalized spacial score (nSPS) is 0.500. The molecule has 0 aliphatic heterocycles. The molecule has 0 heterocycles. The van der Waals surface area contributed by atoms with Gasteiger partial charge >= 0.3 is 73.8 Å². The molecule has 0 atom stereocenters. The number of hydrogen-bond acceptors (Lipinski definition) is 1. The average molecular weight is 174 g/mol. The van der Waals surface area contributed by atoms with Crippen molar-refractivity contribution in [2.24, 2.45) is 0 Å². The summed E-state index contributed by atoms with van der Waals surface area (Å²) in [5.41, 5.74) is 0. The Kier molecular flexibility index (Phi) is 88.3. The molecule has 4 heavy (non-hydrogen) atoms. The van der Waals surface area contributed by atoms with Crippen LogP contribution in [0.3, 0.4) is 0 Å². The number of nitrogens with zero attached hydrogens (tertiary/aromatic N) is 1. The molecular weight excluding hydrogens is 173 g/mol. The summed E-state index contributed by atoms with van der Waals surface area (Å²) in [5.74, 6) is 0. The molecule has 0 saturated heterocycles. The molecule has 22 valence electrons. The van der Waals surface area contributed by atoms with E-state index in [-0.39, 0.29) is 75.2 Å². The van der Waals surface area contributed by atoms with E-state index >= 15 is 0 Å². The topological polar surface area (TPSA) is 23.8 Å². The smallest absolute Gasteiger partial charge is 1.00 e. The first-order valence-electron chi connectivity index (χ1n) is 0.224. The van der Waals surface area contributed by atoms with Gasteiger partial charge in [0.25, 0.3) is 0 Å². The quantitative estimate of drug-likeness (QED) is 0.287. The summed E-state index contributed by atoms with van der Waals surface area (Å²) in [6.07, 6.45) is 0. The van der Waals surface area contributed by atoms with Crippen molar-refractivity contribution in [1.29, 1.82) is 5.26 Å². The van der Waals surface area contributed by atoms with Gasteiger partial charge in [0.05, 0.1) is 0 Å². The van der Waals surface area contributed by atoms with Crippen molar-refractivity contribution in [1.82, 2.24) is 0 Å². The third-order valence-corrected chi connectivity index (χ3v) is 0. The van der Waals surface area contributed by atoms with Crippen molar-refractivity contribution >= 4 is 0 Å². The van der Waals surface area contributed by atoms with Gasteiger partial charge in [-0.25, -0.2) is 0 Å². The number of hydrogen-bond donors (Lipinski definition) is 0. The first kappa shape index (κ1) is 16.9.